The zero-order chi connectivity index (χ0) is 11.1. The molecule has 14 heavy (non-hydrogen) atoms. The van der Waals surface area contributed by atoms with Gasteiger partial charge in [0.25, 0.3) is 0 Å². The van der Waals surface area contributed by atoms with Crippen molar-refractivity contribution in [2.24, 2.45) is 5.73 Å². The fourth-order valence-corrected chi connectivity index (χ4v) is 1.10. The lowest BCUT2D eigenvalue weighted by Gasteiger charge is -2.15. The van der Waals surface area contributed by atoms with Crippen molar-refractivity contribution in [1.29, 1.82) is 0 Å². The number of aliphatic carboxylic acids is 1. The third-order valence-corrected chi connectivity index (χ3v) is 2.01. The number of carboxylic acids is 1. The summed E-state index contributed by atoms with van der Waals surface area (Å²) in [7, 11) is 0. The Bertz CT molecular complexity index is 211. The molecule has 0 rings (SSSR count). The van der Waals surface area contributed by atoms with E-state index in [9.17, 15) is 9.59 Å². The summed E-state index contributed by atoms with van der Waals surface area (Å²) in [4.78, 5) is 21.8. The first-order valence-electron chi connectivity index (χ1n) is 4.37. The lowest BCUT2D eigenvalue weighted by atomic mass is 10.1. The Kier molecular flexibility index (Phi) is 6.23. The molecule has 0 fully saturated rings. The SMILES string of the molecule is CCCC(N)C(=O)NC(CCl)C(=O)O. The first-order chi connectivity index (χ1) is 6.52. The average Bonchev–Trinajstić information content (AvgIpc) is 2.13. The first kappa shape index (κ1) is 13.2. The zero-order valence-corrected chi connectivity index (χ0v) is 8.75. The Morgan fingerprint density at radius 2 is 2.14 bits per heavy atom. The Hall–Kier alpha value is -0.810. The van der Waals surface area contributed by atoms with E-state index in [2.05, 4.69) is 5.32 Å². The standard InChI is InChI=1S/C8H15ClN2O3/c1-2-3-5(10)7(12)11-6(4-9)8(13)14/h5-6H,2-4,10H2,1H3,(H,11,12)(H,13,14). The fraction of sp³-hybridized carbons (Fsp3) is 0.750. The molecule has 4 N–H and O–H groups in total. The van der Waals surface area contributed by atoms with Gasteiger partial charge in [0.05, 0.1) is 11.9 Å². The van der Waals surface area contributed by atoms with Gasteiger partial charge in [-0.05, 0) is 6.42 Å². The third-order valence-electron chi connectivity index (χ3n) is 1.71. The molecule has 0 heterocycles. The van der Waals surface area contributed by atoms with Crippen molar-refractivity contribution in [3.8, 4) is 0 Å². The number of halogens is 1. The number of nitrogens with one attached hydrogen (secondary N) is 1. The second kappa shape index (κ2) is 6.62. The van der Waals surface area contributed by atoms with E-state index >= 15 is 0 Å². The van der Waals surface area contributed by atoms with Crippen LogP contribution in [0.25, 0.3) is 0 Å². The Morgan fingerprint density at radius 3 is 2.50 bits per heavy atom. The summed E-state index contributed by atoms with van der Waals surface area (Å²) in [6.07, 6.45) is 1.30. The van der Waals surface area contributed by atoms with Gasteiger partial charge in [-0.2, -0.15) is 0 Å². The van der Waals surface area contributed by atoms with Crippen LogP contribution in [-0.2, 0) is 9.59 Å². The van der Waals surface area contributed by atoms with Gasteiger partial charge in [0.1, 0.15) is 6.04 Å². The van der Waals surface area contributed by atoms with Crippen LogP contribution in [0.1, 0.15) is 19.8 Å². The maximum Gasteiger partial charge on any atom is 0.327 e. The van der Waals surface area contributed by atoms with Gasteiger partial charge >= 0.3 is 5.97 Å². The molecule has 2 unspecified atom stereocenters. The molecule has 0 saturated heterocycles. The molecule has 0 saturated carbocycles. The van der Waals surface area contributed by atoms with Gasteiger partial charge in [-0.15, -0.1) is 11.6 Å². The number of amides is 1. The molecule has 0 aromatic rings. The second-order valence-electron chi connectivity index (χ2n) is 2.95. The predicted octanol–water partition coefficient (Wildman–Crippen LogP) is -0.0780. The van der Waals surface area contributed by atoms with Gasteiger partial charge in [0.2, 0.25) is 5.91 Å². The van der Waals surface area contributed by atoms with Crippen molar-refractivity contribution in [2.45, 2.75) is 31.8 Å². The highest BCUT2D eigenvalue weighted by atomic mass is 35.5. The lowest BCUT2D eigenvalue weighted by molar-refractivity contribution is -0.141. The molecule has 0 aromatic carbocycles. The van der Waals surface area contributed by atoms with Gasteiger partial charge in [0, 0.05) is 0 Å². The van der Waals surface area contributed by atoms with Crippen molar-refractivity contribution in [3.05, 3.63) is 0 Å². The molecule has 0 bridgehead atoms. The molecule has 0 radical (unpaired) electrons. The summed E-state index contributed by atoms with van der Waals surface area (Å²) < 4.78 is 0. The molecule has 82 valence electrons. The van der Waals surface area contributed by atoms with Crippen LogP contribution in [0.5, 0.6) is 0 Å². The van der Waals surface area contributed by atoms with Crippen LogP contribution in [0.4, 0.5) is 0 Å². The Morgan fingerprint density at radius 1 is 1.57 bits per heavy atom. The first-order valence-corrected chi connectivity index (χ1v) is 4.91. The molecular formula is C8H15ClN2O3. The van der Waals surface area contributed by atoms with E-state index in [0.29, 0.717) is 6.42 Å². The predicted molar refractivity (Wildman–Crippen MR) is 53.2 cm³/mol. The monoisotopic (exact) mass is 222 g/mol. The van der Waals surface area contributed by atoms with E-state index in [1.165, 1.54) is 0 Å². The van der Waals surface area contributed by atoms with Crippen molar-refractivity contribution >= 4 is 23.5 Å². The smallest absolute Gasteiger partial charge is 0.327 e. The minimum absolute atomic E-state index is 0.167. The number of carbonyl (C=O) groups excluding carboxylic acids is 1. The number of carboxylic acid groups (broad SMARTS) is 1. The van der Waals surface area contributed by atoms with Crippen LogP contribution in [0, 0.1) is 0 Å². The number of alkyl halides is 1. The van der Waals surface area contributed by atoms with Gasteiger partial charge in [-0.25, -0.2) is 4.79 Å². The molecule has 0 aliphatic rings. The van der Waals surface area contributed by atoms with Crippen molar-refractivity contribution in [1.82, 2.24) is 5.32 Å². The van der Waals surface area contributed by atoms with Crippen LogP contribution in [0.3, 0.4) is 0 Å². The summed E-state index contributed by atoms with van der Waals surface area (Å²) in [5, 5.41) is 10.8. The molecule has 0 aliphatic heterocycles. The van der Waals surface area contributed by atoms with E-state index in [1.54, 1.807) is 0 Å². The van der Waals surface area contributed by atoms with Crippen molar-refractivity contribution < 1.29 is 14.7 Å². The highest BCUT2D eigenvalue weighted by molar-refractivity contribution is 6.19. The normalized spacial score (nSPS) is 14.5. The van der Waals surface area contributed by atoms with E-state index in [1.807, 2.05) is 6.92 Å². The number of nitrogens with two attached hydrogens (primary N) is 1. The molecule has 6 heteroatoms. The molecular weight excluding hydrogens is 208 g/mol. The van der Waals surface area contributed by atoms with Gasteiger partial charge in [-0.3, -0.25) is 4.79 Å². The van der Waals surface area contributed by atoms with Gasteiger partial charge < -0.3 is 16.2 Å². The third kappa shape index (κ3) is 4.43. The summed E-state index contributed by atoms with van der Waals surface area (Å²) in [6.45, 7) is 1.89. The van der Waals surface area contributed by atoms with E-state index in [4.69, 9.17) is 22.4 Å². The number of rotatable bonds is 6. The Labute approximate surface area is 87.6 Å². The summed E-state index contributed by atoms with van der Waals surface area (Å²) >= 11 is 5.35. The molecule has 0 aliphatic carbocycles. The van der Waals surface area contributed by atoms with E-state index in [0.717, 1.165) is 6.42 Å². The van der Waals surface area contributed by atoms with Crippen molar-refractivity contribution in [3.63, 3.8) is 0 Å². The summed E-state index contributed by atoms with van der Waals surface area (Å²) in [5.41, 5.74) is 5.48. The molecule has 5 nitrogen and oxygen atoms in total. The largest absolute Gasteiger partial charge is 0.480 e. The topological polar surface area (TPSA) is 92.4 Å². The molecule has 0 spiro atoms. The number of hydrogen-bond donors (Lipinski definition) is 3. The number of carbonyl (C=O) groups is 2. The van der Waals surface area contributed by atoms with Crippen LogP contribution in [0.15, 0.2) is 0 Å². The lowest BCUT2D eigenvalue weighted by Crippen LogP contribution is -2.49. The quantitative estimate of drug-likeness (QED) is 0.548. The summed E-state index contributed by atoms with van der Waals surface area (Å²) in [6, 6.07) is -1.72. The maximum absolute atomic E-state index is 11.2. The Balaban J connectivity index is 4.08. The average molecular weight is 223 g/mol. The second-order valence-corrected chi connectivity index (χ2v) is 3.26. The molecule has 1 amide bonds. The maximum atomic E-state index is 11.2. The highest BCUT2D eigenvalue weighted by Crippen LogP contribution is 1.95. The van der Waals surface area contributed by atoms with Gasteiger partial charge in [0.15, 0.2) is 0 Å². The van der Waals surface area contributed by atoms with Crippen molar-refractivity contribution in [2.75, 3.05) is 5.88 Å². The molecule has 2 atom stereocenters. The van der Waals surface area contributed by atoms with E-state index in [-0.39, 0.29) is 5.88 Å². The highest BCUT2D eigenvalue weighted by Gasteiger charge is 2.21. The minimum Gasteiger partial charge on any atom is -0.480 e. The van der Waals surface area contributed by atoms with Crippen LogP contribution in [-0.4, -0.2) is 34.9 Å². The van der Waals surface area contributed by atoms with E-state index < -0.39 is 24.0 Å². The van der Waals surface area contributed by atoms with Crippen LogP contribution in [0.2, 0.25) is 0 Å². The van der Waals surface area contributed by atoms with Crippen LogP contribution < -0.4 is 11.1 Å². The minimum atomic E-state index is -1.16. The molecule has 0 aromatic heterocycles. The zero-order valence-electron chi connectivity index (χ0n) is 8.00. The van der Waals surface area contributed by atoms with Crippen LogP contribution >= 0.6 is 11.6 Å². The summed E-state index contributed by atoms with van der Waals surface area (Å²) in [5.74, 6) is -1.79. The fourth-order valence-electron chi connectivity index (χ4n) is 0.887. The van der Waals surface area contributed by atoms with Gasteiger partial charge in [-0.1, -0.05) is 13.3 Å². The number of hydrogen-bond acceptors (Lipinski definition) is 3.